The minimum Gasteiger partial charge on any atom is -0.560 e. The molecule has 2 aliphatic heterocycles. The third-order valence-electron chi connectivity index (χ3n) is 3.23. The summed E-state index contributed by atoms with van der Waals surface area (Å²) < 4.78 is 5.17. The van der Waals surface area contributed by atoms with E-state index in [1.165, 1.54) is 0 Å². The minimum absolute atomic E-state index is 0. The molecule has 0 bridgehead atoms. The molecule has 2 heterocycles. The van der Waals surface area contributed by atoms with E-state index in [1.54, 1.807) is 4.90 Å². The summed E-state index contributed by atoms with van der Waals surface area (Å²) >= 11 is 0. The Labute approximate surface area is 186 Å². The smallest absolute Gasteiger partial charge is 0.560 e. The molecule has 0 aromatic rings. The van der Waals surface area contributed by atoms with Gasteiger partial charge in [-0.05, 0) is 0 Å². The van der Waals surface area contributed by atoms with Crippen LogP contribution in [0.2, 0.25) is 0 Å². The van der Waals surface area contributed by atoms with Gasteiger partial charge in [0.05, 0.1) is 5.91 Å². The van der Waals surface area contributed by atoms with Gasteiger partial charge in [0, 0.05) is 65.1 Å². The van der Waals surface area contributed by atoms with Gasteiger partial charge in [-0.2, -0.15) is 0 Å². The minimum atomic E-state index is -0.807. The fourth-order valence-corrected chi connectivity index (χ4v) is 2.26. The zero-order valence-corrected chi connectivity index (χ0v) is 18.8. The maximum absolute atomic E-state index is 11.4. The maximum atomic E-state index is 11.4. The largest absolute Gasteiger partial charge is 1.00 e. The van der Waals surface area contributed by atoms with E-state index in [0.717, 1.165) is 0 Å². The summed E-state index contributed by atoms with van der Waals surface area (Å²) in [5, 5.41) is 3.21. The average molecular weight is 413 g/mol. The molecule has 1 radical (unpaired) electrons. The molecule has 3 amide bonds. The molecule has 2 saturated heterocycles. The summed E-state index contributed by atoms with van der Waals surface area (Å²) in [7, 11) is 0. The number of rotatable bonds is 1. The van der Waals surface area contributed by atoms with Crippen LogP contribution in [0.4, 0.5) is 4.79 Å². The van der Waals surface area contributed by atoms with Crippen LogP contribution in [-0.4, -0.2) is 41.5 Å². The van der Waals surface area contributed by atoms with Gasteiger partial charge < -0.3 is 26.7 Å². The van der Waals surface area contributed by atoms with E-state index < -0.39 is 17.6 Å². The zero-order valence-electron chi connectivity index (χ0n) is 11.1. The number of likely N-dealkylation sites (tertiary alicyclic amines) is 1. The SMILES string of the molecule is [CH2-]CC(=O)N1CCC2(CC1)CC(=O)[N-]C(=O)O2.[Rb+].[Y]. The first-order chi connectivity index (χ1) is 8.04. The second-order valence-electron chi connectivity index (χ2n) is 4.36. The van der Waals surface area contributed by atoms with Crippen molar-refractivity contribution in [1.29, 1.82) is 0 Å². The fourth-order valence-electron chi connectivity index (χ4n) is 2.26. The van der Waals surface area contributed by atoms with Crippen molar-refractivity contribution in [2.24, 2.45) is 0 Å². The summed E-state index contributed by atoms with van der Waals surface area (Å²) in [4.78, 5) is 35.5. The molecule has 2 rings (SSSR count). The first-order valence-corrected chi connectivity index (χ1v) is 5.59. The zero-order chi connectivity index (χ0) is 12.5. The van der Waals surface area contributed by atoms with Crippen LogP contribution in [0.3, 0.4) is 0 Å². The molecular formula is C11H14N2O4RbY-. The maximum Gasteiger partial charge on any atom is 1.00 e. The molecule has 97 valence electrons. The number of hydrogen-bond donors (Lipinski definition) is 0. The Hall–Kier alpha value is 1.32. The van der Waals surface area contributed by atoms with Crippen LogP contribution in [0, 0.1) is 6.92 Å². The first-order valence-electron chi connectivity index (χ1n) is 5.59. The number of piperidine rings is 1. The van der Waals surface area contributed by atoms with Gasteiger partial charge in [-0.25, -0.2) is 0 Å². The van der Waals surface area contributed by atoms with Crippen LogP contribution in [0.1, 0.15) is 25.7 Å². The molecule has 0 atom stereocenters. The fraction of sp³-hybridized carbons (Fsp3) is 0.636. The molecule has 0 aliphatic carbocycles. The quantitative estimate of drug-likeness (QED) is 0.468. The number of imide groups is 1. The van der Waals surface area contributed by atoms with Gasteiger partial charge in [-0.3, -0.25) is 9.59 Å². The van der Waals surface area contributed by atoms with E-state index >= 15 is 0 Å². The topological polar surface area (TPSA) is 77.8 Å². The third-order valence-corrected chi connectivity index (χ3v) is 3.23. The second kappa shape index (κ2) is 8.69. The van der Waals surface area contributed by atoms with Crippen molar-refractivity contribution >= 4 is 17.9 Å². The molecule has 6 nitrogen and oxygen atoms in total. The molecular weight excluding hydrogens is 399 g/mol. The third kappa shape index (κ3) is 5.22. The van der Waals surface area contributed by atoms with E-state index in [2.05, 4.69) is 12.2 Å². The van der Waals surface area contributed by atoms with E-state index in [4.69, 9.17) is 4.74 Å². The molecule has 2 aliphatic rings. The number of amides is 3. The van der Waals surface area contributed by atoms with Crippen LogP contribution < -0.4 is 58.2 Å². The van der Waals surface area contributed by atoms with Crippen molar-refractivity contribution in [2.45, 2.75) is 31.3 Å². The predicted molar refractivity (Wildman–Crippen MR) is 58.0 cm³/mol. The summed E-state index contributed by atoms with van der Waals surface area (Å²) in [6.45, 7) is 4.53. The molecule has 0 aromatic heterocycles. The van der Waals surface area contributed by atoms with E-state index in [0.29, 0.717) is 25.9 Å². The molecule has 0 aromatic carbocycles. The van der Waals surface area contributed by atoms with Crippen molar-refractivity contribution in [3.63, 3.8) is 0 Å². The van der Waals surface area contributed by atoms with Crippen molar-refractivity contribution in [1.82, 2.24) is 4.90 Å². The molecule has 0 saturated carbocycles. The Balaban J connectivity index is 0.00000162. The molecule has 0 unspecified atom stereocenters. The first kappa shape index (κ1) is 20.3. The second-order valence-corrected chi connectivity index (χ2v) is 4.36. The standard InChI is InChI=1S/C11H15N2O4.Rb.Y/c1-2-9(15)13-5-3-11(4-6-13)7-8(14)12-10(16)17-11;;/h1-7H2,(H,12,14,16);;/q-1;+1;/p-1. The average Bonchev–Trinajstić information content (AvgIpc) is 2.27. The Kier molecular flexibility index (Phi) is 9.29. The number of ether oxygens (including phenoxy) is 1. The van der Waals surface area contributed by atoms with Gasteiger partial charge in [-0.1, -0.05) is 0 Å². The number of hydrogen-bond acceptors (Lipinski definition) is 4. The molecule has 0 N–H and O–H groups in total. The summed E-state index contributed by atoms with van der Waals surface area (Å²) in [6, 6.07) is 0. The van der Waals surface area contributed by atoms with Crippen molar-refractivity contribution in [3.8, 4) is 0 Å². The Morgan fingerprint density at radius 2 is 1.95 bits per heavy atom. The van der Waals surface area contributed by atoms with E-state index in [-0.39, 0.29) is 110 Å². The van der Waals surface area contributed by atoms with Gasteiger partial charge in [0.25, 0.3) is 0 Å². The van der Waals surface area contributed by atoms with Crippen molar-refractivity contribution in [2.75, 3.05) is 13.1 Å². The molecule has 2 fully saturated rings. The van der Waals surface area contributed by atoms with Gasteiger partial charge in [0.1, 0.15) is 5.60 Å². The molecule has 1 spiro atoms. The van der Waals surface area contributed by atoms with Gasteiger partial charge in [0.15, 0.2) is 5.91 Å². The van der Waals surface area contributed by atoms with Gasteiger partial charge >= 0.3 is 58.2 Å². The van der Waals surface area contributed by atoms with Gasteiger partial charge in [0.2, 0.25) is 6.09 Å². The summed E-state index contributed by atoms with van der Waals surface area (Å²) in [5.41, 5.74) is -0.742. The van der Waals surface area contributed by atoms with Crippen LogP contribution in [0.15, 0.2) is 0 Å². The van der Waals surface area contributed by atoms with Crippen LogP contribution in [0.5, 0.6) is 0 Å². The normalized spacial score (nSPS) is 20.8. The van der Waals surface area contributed by atoms with Gasteiger partial charge in [-0.15, -0.1) is 6.42 Å². The molecule has 19 heavy (non-hydrogen) atoms. The Morgan fingerprint density at radius 3 is 2.42 bits per heavy atom. The van der Waals surface area contributed by atoms with Crippen LogP contribution in [-0.2, 0) is 47.0 Å². The predicted octanol–water partition coefficient (Wildman–Crippen LogP) is -1.99. The van der Waals surface area contributed by atoms with Crippen LogP contribution >= 0.6 is 0 Å². The van der Waals surface area contributed by atoms with Crippen molar-refractivity contribution in [3.05, 3.63) is 12.2 Å². The summed E-state index contributed by atoms with van der Waals surface area (Å²) in [5.74, 6) is -0.448. The van der Waals surface area contributed by atoms with Crippen molar-refractivity contribution < 1.29 is 110 Å². The van der Waals surface area contributed by atoms with E-state index in [9.17, 15) is 14.4 Å². The van der Waals surface area contributed by atoms with Crippen LogP contribution in [0.25, 0.3) is 5.32 Å². The monoisotopic (exact) mass is 412 g/mol. The van der Waals surface area contributed by atoms with E-state index in [1.807, 2.05) is 0 Å². The summed E-state index contributed by atoms with van der Waals surface area (Å²) in [6.07, 6.45) is 0.530. The number of carbonyl (C=O) groups is 3. The number of nitrogens with zero attached hydrogens (tertiary/aromatic N) is 2. The Bertz CT molecular complexity index is 352. The molecule has 8 heteroatoms. The number of carbonyl (C=O) groups excluding carboxylic acids is 3. The Morgan fingerprint density at radius 1 is 1.37 bits per heavy atom.